The molecule has 7 heteroatoms. The number of nitrogens with zero attached hydrogens (tertiary/aromatic N) is 4. The fourth-order valence-electron chi connectivity index (χ4n) is 3.96. The molecule has 1 aliphatic rings. The minimum absolute atomic E-state index is 0.0779. The Hall–Kier alpha value is -3.45. The molecule has 7 nitrogen and oxygen atoms in total. The molecule has 0 radical (unpaired) electrons. The summed E-state index contributed by atoms with van der Waals surface area (Å²) in [6.07, 6.45) is 0. The van der Waals surface area contributed by atoms with Gasteiger partial charge >= 0.3 is 0 Å². The lowest BCUT2D eigenvalue weighted by Gasteiger charge is -2.36. The van der Waals surface area contributed by atoms with Crippen LogP contribution in [0.25, 0.3) is 11.3 Å². The van der Waals surface area contributed by atoms with E-state index in [1.54, 1.807) is 20.1 Å². The average Bonchev–Trinajstić information content (AvgIpc) is 2.85. The topological polar surface area (TPSA) is 67.7 Å². The van der Waals surface area contributed by atoms with Crippen LogP contribution in [0.4, 0.5) is 0 Å². The van der Waals surface area contributed by atoms with E-state index in [0.717, 1.165) is 30.9 Å². The van der Waals surface area contributed by atoms with Crippen LogP contribution in [0.3, 0.4) is 0 Å². The Labute approximate surface area is 187 Å². The maximum Gasteiger partial charge on any atom is 0.267 e. The lowest BCUT2D eigenvalue weighted by Crippen LogP contribution is -2.50. The summed E-state index contributed by atoms with van der Waals surface area (Å²) < 4.78 is 6.49. The number of methoxy groups -OCH3 is 1. The Morgan fingerprint density at radius 1 is 0.969 bits per heavy atom. The number of aromatic nitrogens is 2. The van der Waals surface area contributed by atoms with Gasteiger partial charge < -0.3 is 9.64 Å². The lowest BCUT2D eigenvalue weighted by molar-refractivity contribution is -0.136. The van der Waals surface area contributed by atoms with Gasteiger partial charge in [-0.15, -0.1) is 0 Å². The highest BCUT2D eigenvalue weighted by atomic mass is 16.5. The highest BCUT2D eigenvalue weighted by molar-refractivity contribution is 5.80. The molecule has 2 aromatic carbocycles. The Morgan fingerprint density at radius 3 is 2.31 bits per heavy atom. The zero-order chi connectivity index (χ0) is 22.5. The van der Waals surface area contributed by atoms with Gasteiger partial charge in [0.1, 0.15) is 11.8 Å². The first kappa shape index (κ1) is 21.8. The van der Waals surface area contributed by atoms with Crippen LogP contribution < -0.4 is 10.3 Å². The van der Waals surface area contributed by atoms with E-state index in [-0.39, 0.29) is 11.5 Å². The van der Waals surface area contributed by atoms with Crippen LogP contribution in [0.1, 0.15) is 18.5 Å². The molecule has 0 saturated carbocycles. The van der Waals surface area contributed by atoms with Gasteiger partial charge in [0.25, 0.3) is 5.56 Å². The van der Waals surface area contributed by atoms with E-state index in [4.69, 9.17) is 4.74 Å². The minimum Gasteiger partial charge on any atom is -0.497 e. The molecule has 1 aromatic heterocycles. The van der Waals surface area contributed by atoms with Crippen LogP contribution in [0.5, 0.6) is 5.75 Å². The number of carbonyl (C=O) groups excluding carboxylic acids is 1. The first-order valence-electron chi connectivity index (χ1n) is 10.8. The van der Waals surface area contributed by atoms with E-state index in [2.05, 4.69) is 22.1 Å². The van der Waals surface area contributed by atoms with E-state index in [9.17, 15) is 9.59 Å². The Bertz CT molecular complexity index is 1100. The third kappa shape index (κ3) is 4.89. The first-order chi connectivity index (χ1) is 15.5. The fraction of sp³-hybridized carbons (Fsp3) is 0.320. The van der Waals surface area contributed by atoms with Crippen molar-refractivity contribution in [2.24, 2.45) is 0 Å². The second kappa shape index (κ2) is 9.78. The van der Waals surface area contributed by atoms with E-state index in [1.165, 1.54) is 16.3 Å². The molecule has 0 N–H and O–H groups in total. The van der Waals surface area contributed by atoms with Gasteiger partial charge in [-0.1, -0.05) is 30.3 Å². The zero-order valence-electron chi connectivity index (χ0n) is 18.5. The van der Waals surface area contributed by atoms with Crippen LogP contribution in [0, 0.1) is 0 Å². The van der Waals surface area contributed by atoms with Crippen molar-refractivity contribution in [1.29, 1.82) is 0 Å². The molecule has 0 aliphatic carbocycles. The largest absolute Gasteiger partial charge is 0.497 e. The summed E-state index contributed by atoms with van der Waals surface area (Å²) in [5.41, 5.74) is 2.48. The molecule has 1 unspecified atom stereocenters. The molecule has 1 aliphatic heterocycles. The SMILES string of the molecule is COc1ccc(-c2ccc(=O)n(C(C)C(=O)N3CCN(Cc4ccccc4)CC3)n2)cc1. The summed E-state index contributed by atoms with van der Waals surface area (Å²) >= 11 is 0. The summed E-state index contributed by atoms with van der Waals surface area (Å²) in [5, 5.41) is 4.49. The molecule has 166 valence electrons. The van der Waals surface area contributed by atoms with E-state index in [0.29, 0.717) is 18.8 Å². The highest BCUT2D eigenvalue weighted by Gasteiger charge is 2.27. The smallest absolute Gasteiger partial charge is 0.267 e. The third-order valence-corrected chi connectivity index (χ3v) is 5.87. The van der Waals surface area contributed by atoms with Gasteiger partial charge in [0.2, 0.25) is 5.91 Å². The van der Waals surface area contributed by atoms with E-state index in [1.807, 2.05) is 47.4 Å². The van der Waals surface area contributed by atoms with Gasteiger partial charge in [-0.3, -0.25) is 14.5 Å². The van der Waals surface area contributed by atoms with Crippen molar-refractivity contribution in [3.05, 3.63) is 82.6 Å². The Kier molecular flexibility index (Phi) is 6.66. The average molecular weight is 433 g/mol. The van der Waals surface area contributed by atoms with Gasteiger partial charge in [-0.05, 0) is 42.8 Å². The number of rotatable bonds is 6. The van der Waals surface area contributed by atoms with Gasteiger partial charge in [0, 0.05) is 44.4 Å². The summed E-state index contributed by atoms with van der Waals surface area (Å²) in [7, 11) is 1.61. The summed E-state index contributed by atoms with van der Waals surface area (Å²) in [6.45, 7) is 5.52. The number of hydrogen-bond acceptors (Lipinski definition) is 5. The number of piperazine rings is 1. The summed E-state index contributed by atoms with van der Waals surface area (Å²) in [5.74, 6) is 0.669. The molecule has 1 fully saturated rings. The van der Waals surface area contributed by atoms with Crippen LogP contribution >= 0.6 is 0 Å². The number of amides is 1. The maximum absolute atomic E-state index is 13.1. The monoisotopic (exact) mass is 432 g/mol. The quantitative estimate of drug-likeness (QED) is 0.599. The van der Waals surface area contributed by atoms with Crippen LogP contribution in [-0.2, 0) is 11.3 Å². The standard InChI is InChI=1S/C25H28N4O3/c1-19(25(31)28-16-14-27(15-17-28)18-20-6-4-3-5-7-20)29-24(30)13-12-23(26-29)21-8-10-22(32-2)11-9-21/h3-13,19H,14-18H2,1-2H3. The van der Waals surface area contributed by atoms with Crippen molar-refractivity contribution >= 4 is 5.91 Å². The first-order valence-corrected chi connectivity index (χ1v) is 10.8. The Morgan fingerprint density at radius 2 is 1.66 bits per heavy atom. The fourth-order valence-corrected chi connectivity index (χ4v) is 3.96. The predicted molar refractivity (Wildman–Crippen MR) is 123 cm³/mol. The lowest BCUT2D eigenvalue weighted by atomic mass is 10.1. The van der Waals surface area contributed by atoms with Crippen molar-refractivity contribution < 1.29 is 9.53 Å². The summed E-state index contributed by atoms with van der Waals surface area (Å²) in [4.78, 5) is 29.8. The van der Waals surface area contributed by atoms with Gasteiger partial charge in [0.15, 0.2) is 0 Å². The Balaban J connectivity index is 1.43. The molecular weight excluding hydrogens is 404 g/mol. The molecule has 32 heavy (non-hydrogen) atoms. The van der Waals surface area contributed by atoms with E-state index >= 15 is 0 Å². The van der Waals surface area contributed by atoms with Gasteiger partial charge in [-0.25, -0.2) is 4.68 Å². The molecule has 1 amide bonds. The molecule has 0 bridgehead atoms. The van der Waals surface area contributed by atoms with Crippen molar-refractivity contribution in [3.63, 3.8) is 0 Å². The van der Waals surface area contributed by atoms with Crippen molar-refractivity contribution in [2.75, 3.05) is 33.3 Å². The minimum atomic E-state index is -0.665. The van der Waals surface area contributed by atoms with Crippen LogP contribution in [-0.4, -0.2) is 58.8 Å². The predicted octanol–water partition coefficient (Wildman–Crippen LogP) is 2.82. The maximum atomic E-state index is 13.1. The summed E-state index contributed by atoms with van der Waals surface area (Å²) in [6, 6.07) is 20.3. The third-order valence-electron chi connectivity index (χ3n) is 5.87. The molecule has 4 rings (SSSR count). The van der Waals surface area contributed by atoms with Gasteiger partial charge in [-0.2, -0.15) is 5.10 Å². The number of carbonyl (C=O) groups is 1. The van der Waals surface area contributed by atoms with Gasteiger partial charge in [0.05, 0.1) is 12.8 Å². The van der Waals surface area contributed by atoms with Crippen LogP contribution in [0.15, 0.2) is 71.5 Å². The zero-order valence-corrected chi connectivity index (χ0v) is 18.5. The van der Waals surface area contributed by atoms with Crippen molar-refractivity contribution in [2.45, 2.75) is 19.5 Å². The number of ether oxygens (including phenoxy) is 1. The van der Waals surface area contributed by atoms with Crippen molar-refractivity contribution in [3.8, 4) is 17.0 Å². The number of benzene rings is 2. The molecule has 1 atom stereocenters. The number of hydrogen-bond donors (Lipinski definition) is 0. The van der Waals surface area contributed by atoms with Crippen molar-refractivity contribution in [1.82, 2.24) is 19.6 Å². The van der Waals surface area contributed by atoms with E-state index < -0.39 is 6.04 Å². The molecular formula is C25H28N4O3. The second-order valence-electron chi connectivity index (χ2n) is 7.99. The van der Waals surface area contributed by atoms with Crippen LogP contribution in [0.2, 0.25) is 0 Å². The second-order valence-corrected chi connectivity index (χ2v) is 7.99. The molecule has 0 spiro atoms. The molecule has 3 aromatic rings. The molecule has 1 saturated heterocycles. The normalized spacial score (nSPS) is 15.4. The highest BCUT2D eigenvalue weighted by Crippen LogP contribution is 2.20. The molecule has 2 heterocycles.